The predicted octanol–water partition coefficient (Wildman–Crippen LogP) is 4.49. The number of benzene rings is 2. The molecule has 3 nitrogen and oxygen atoms in total. The number of ether oxygens (including phenoxy) is 1. The topological polar surface area (TPSA) is 45.0 Å². The number of nitrogens with one attached hydrogen (secondary N) is 1. The Morgan fingerprint density at radius 2 is 2.00 bits per heavy atom. The van der Waals surface area contributed by atoms with Crippen LogP contribution >= 0.6 is 23.2 Å². The Morgan fingerprint density at radius 3 is 2.65 bits per heavy atom. The van der Waals surface area contributed by atoms with Crippen LogP contribution in [-0.4, -0.2) is 7.11 Å². The molecular weight excluding hydrogens is 295 g/mol. The first-order chi connectivity index (χ1) is 9.63. The maximum Gasteiger partial charge on any atom is 0.123 e. The lowest BCUT2D eigenvalue weighted by Gasteiger charge is -2.12. The molecule has 0 heterocycles. The quantitative estimate of drug-likeness (QED) is 0.905. The number of methoxy groups -OCH3 is 1. The zero-order valence-electron chi connectivity index (χ0n) is 10.8. The first kappa shape index (κ1) is 14.5. The average Bonchev–Trinajstić information content (AvgIpc) is 2.46. The van der Waals surface area contributed by atoms with Gasteiger partial charge in [-0.2, -0.15) is 5.26 Å². The van der Waals surface area contributed by atoms with Crippen LogP contribution in [0, 0.1) is 11.3 Å². The third-order valence-electron chi connectivity index (χ3n) is 2.81. The first-order valence-electron chi connectivity index (χ1n) is 5.90. The highest BCUT2D eigenvalue weighted by Crippen LogP contribution is 2.27. The molecule has 0 bridgehead atoms. The zero-order chi connectivity index (χ0) is 14.5. The van der Waals surface area contributed by atoms with Gasteiger partial charge in [-0.25, -0.2) is 0 Å². The Bertz CT molecular complexity index is 665. The first-order valence-corrected chi connectivity index (χ1v) is 6.65. The van der Waals surface area contributed by atoms with Crippen LogP contribution in [-0.2, 0) is 6.54 Å². The van der Waals surface area contributed by atoms with Crippen LogP contribution < -0.4 is 10.1 Å². The minimum absolute atomic E-state index is 0.500. The Hall–Kier alpha value is -1.89. The van der Waals surface area contributed by atoms with E-state index in [1.54, 1.807) is 37.4 Å². The van der Waals surface area contributed by atoms with Crippen LogP contribution in [0.4, 0.5) is 5.69 Å². The molecular formula is C15H12Cl2N2O. The summed E-state index contributed by atoms with van der Waals surface area (Å²) in [7, 11) is 1.60. The molecule has 5 heteroatoms. The lowest BCUT2D eigenvalue weighted by Crippen LogP contribution is -2.02. The van der Waals surface area contributed by atoms with E-state index in [9.17, 15) is 0 Å². The molecule has 102 valence electrons. The van der Waals surface area contributed by atoms with Crippen LogP contribution in [0.3, 0.4) is 0 Å². The lowest BCUT2D eigenvalue weighted by atomic mass is 10.1. The van der Waals surface area contributed by atoms with Gasteiger partial charge in [0.1, 0.15) is 5.75 Å². The van der Waals surface area contributed by atoms with Crippen molar-refractivity contribution in [2.24, 2.45) is 0 Å². The normalized spacial score (nSPS) is 9.90. The van der Waals surface area contributed by atoms with E-state index in [1.807, 2.05) is 6.07 Å². The predicted molar refractivity (Wildman–Crippen MR) is 81.5 cm³/mol. The van der Waals surface area contributed by atoms with E-state index in [0.29, 0.717) is 22.2 Å². The Morgan fingerprint density at radius 1 is 1.20 bits per heavy atom. The summed E-state index contributed by atoms with van der Waals surface area (Å²) in [6, 6.07) is 12.6. The number of hydrogen-bond acceptors (Lipinski definition) is 3. The molecule has 2 rings (SSSR count). The summed E-state index contributed by atoms with van der Waals surface area (Å²) in [5.74, 6) is 0.724. The molecule has 0 aliphatic carbocycles. The van der Waals surface area contributed by atoms with Crippen molar-refractivity contribution in [2.45, 2.75) is 6.54 Å². The van der Waals surface area contributed by atoms with Crippen LogP contribution in [0.25, 0.3) is 0 Å². The largest absolute Gasteiger partial charge is 0.496 e. The molecule has 0 atom stereocenters. The Kier molecular flexibility index (Phi) is 4.73. The van der Waals surface area contributed by atoms with E-state index in [4.69, 9.17) is 33.2 Å². The van der Waals surface area contributed by atoms with E-state index >= 15 is 0 Å². The van der Waals surface area contributed by atoms with Gasteiger partial charge < -0.3 is 10.1 Å². The molecule has 0 radical (unpaired) electrons. The van der Waals surface area contributed by atoms with Gasteiger partial charge in [0, 0.05) is 17.1 Å². The van der Waals surface area contributed by atoms with Gasteiger partial charge in [0.2, 0.25) is 0 Å². The summed E-state index contributed by atoms with van der Waals surface area (Å²) in [4.78, 5) is 0. The molecule has 0 aliphatic rings. The van der Waals surface area contributed by atoms with Gasteiger partial charge in [-0.05, 0) is 36.4 Å². The molecule has 0 amide bonds. The number of anilines is 1. The van der Waals surface area contributed by atoms with Crippen molar-refractivity contribution in [1.29, 1.82) is 5.26 Å². The molecule has 0 spiro atoms. The van der Waals surface area contributed by atoms with Crippen LogP contribution in [0.15, 0.2) is 36.4 Å². The van der Waals surface area contributed by atoms with Crippen molar-refractivity contribution >= 4 is 28.9 Å². The smallest absolute Gasteiger partial charge is 0.123 e. The van der Waals surface area contributed by atoms with Crippen LogP contribution in [0.1, 0.15) is 11.1 Å². The maximum absolute atomic E-state index is 8.94. The standard InChI is InChI=1S/C15H12Cl2N2O/c1-20-15-5-2-10(8-18)6-11(15)9-19-14-4-3-12(16)7-13(14)17/h2-7,19H,9H2,1H3. The van der Waals surface area contributed by atoms with Gasteiger partial charge in [0.25, 0.3) is 0 Å². The molecule has 0 fully saturated rings. The highest BCUT2D eigenvalue weighted by molar-refractivity contribution is 6.36. The summed E-state index contributed by atoms with van der Waals surface area (Å²) in [6.45, 7) is 0.500. The van der Waals surface area contributed by atoms with E-state index in [-0.39, 0.29) is 0 Å². The monoisotopic (exact) mass is 306 g/mol. The number of rotatable bonds is 4. The van der Waals surface area contributed by atoms with Crippen LogP contribution in [0.2, 0.25) is 10.0 Å². The van der Waals surface area contributed by atoms with E-state index < -0.39 is 0 Å². The van der Waals surface area contributed by atoms with Crippen LogP contribution in [0.5, 0.6) is 5.75 Å². The molecule has 20 heavy (non-hydrogen) atoms. The fourth-order valence-corrected chi connectivity index (χ4v) is 2.28. The highest BCUT2D eigenvalue weighted by Gasteiger charge is 2.06. The van der Waals surface area contributed by atoms with Crippen molar-refractivity contribution in [2.75, 3.05) is 12.4 Å². The summed E-state index contributed by atoms with van der Waals surface area (Å²) in [5.41, 5.74) is 2.25. The van der Waals surface area contributed by atoms with Gasteiger partial charge in [-0.3, -0.25) is 0 Å². The molecule has 0 unspecified atom stereocenters. The summed E-state index contributed by atoms with van der Waals surface area (Å²) in [5, 5.41) is 13.3. The van der Waals surface area contributed by atoms with E-state index in [2.05, 4.69) is 11.4 Å². The second-order valence-corrected chi connectivity index (χ2v) is 4.96. The molecule has 2 aromatic carbocycles. The Balaban J connectivity index is 2.20. The summed E-state index contributed by atoms with van der Waals surface area (Å²) in [6.07, 6.45) is 0. The molecule has 0 saturated carbocycles. The molecule has 0 aliphatic heterocycles. The van der Waals surface area contributed by atoms with Gasteiger partial charge in [-0.15, -0.1) is 0 Å². The van der Waals surface area contributed by atoms with Crippen molar-refractivity contribution in [3.8, 4) is 11.8 Å². The van der Waals surface area contributed by atoms with E-state index in [0.717, 1.165) is 17.0 Å². The van der Waals surface area contributed by atoms with E-state index in [1.165, 1.54) is 0 Å². The number of nitriles is 1. The Labute approximate surface area is 127 Å². The lowest BCUT2D eigenvalue weighted by molar-refractivity contribution is 0.410. The SMILES string of the molecule is COc1ccc(C#N)cc1CNc1ccc(Cl)cc1Cl. The number of nitrogens with zero attached hydrogens (tertiary/aromatic N) is 1. The van der Waals surface area contributed by atoms with Crippen molar-refractivity contribution in [3.05, 3.63) is 57.6 Å². The molecule has 2 aromatic rings. The fourth-order valence-electron chi connectivity index (χ4n) is 1.81. The van der Waals surface area contributed by atoms with Gasteiger partial charge in [0.15, 0.2) is 0 Å². The second kappa shape index (κ2) is 6.51. The number of halogens is 2. The maximum atomic E-state index is 8.94. The minimum atomic E-state index is 0.500. The second-order valence-electron chi connectivity index (χ2n) is 4.12. The molecule has 1 N–H and O–H groups in total. The highest BCUT2D eigenvalue weighted by atomic mass is 35.5. The molecule has 0 aromatic heterocycles. The van der Waals surface area contributed by atoms with Crippen molar-refractivity contribution in [3.63, 3.8) is 0 Å². The van der Waals surface area contributed by atoms with Gasteiger partial charge in [0.05, 0.1) is 29.5 Å². The average molecular weight is 307 g/mol. The molecule has 0 saturated heterocycles. The van der Waals surface area contributed by atoms with Crippen molar-refractivity contribution < 1.29 is 4.74 Å². The van der Waals surface area contributed by atoms with Gasteiger partial charge in [-0.1, -0.05) is 23.2 Å². The third-order valence-corrected chi connectivity index (χ3v) is 3.36. The fraction of sp³-hybridized carbons (Fsp3) is 0.133. The zero-order valence-corrected chi connectivity index (χ0v) is 12.3. The minimum Gasteiger partial charge on any atom is -0.496 e. The number of hydrogen-bond donors (Lipinski definition) is 1. The summed E-state index contributed by atoms with van der Waals surface area (Å²) >= 11 is 12.0. The third kappa shape index (κ3) is 3.36. The van der Waals surface area contributed by atoms with Crippen molar-refractivity contribution in [1.82, 2.24) is 0 Å². The summed E-state index contributed by atoms with van der Waals surface area (Å²) < 4.78 is 5.28. The van der Waals surface area contributed by atoms with Gasteiger partial charge >= 0.3 is 0 Å².